The Balaban J connectivity index is 2.28. The van der Waals surface area contributed by atoms with Crippen LogP contribution in [-0.4, -0.2) is 17.0 Å². The second-order valence-corrected chi connectivity index (χ2v) is 5.79. The van der Waals surface area contributed by atoms with E-state index in [2.05, 4.69) is 43.3 Å². The van der Waals surface area contributed by atoms with E-state index in [1.807, 2.05) is 26.1 Å². The lowest BCUT2D eigenvalue weighted by molar-refractivity contribution is 0.801. The first-order valence-electron chi connectivity index (χ1n) is 5.59. The van der Waals surface area contributed by atoms with Crippen LogP contribution in [0.5, 0.6) is 0 Å². The van der Waals surface area contributed by atoms with E-state index in [1.54, 1.807) is 18.0 Å². The first kappa shape index (κ1) is 13.5. The van der Waals surface area contributed by atoms with Crippen LogP contribution in [-0.2, 0) is 6.54 Å². The minimum absolute atomic E-state index is 0.787. The summed E-state index contributed by atoms with van der Waals surface area (Å²) in [5.41, 5.74) is 2.22. The van der Waals surface area contributed by atoms with Crippen molar-refractivity contribution in [3.05, 3.63) is 46.2 Å². The van der Waals surface area contributed by atoms with Crippen molar-refractivity contribution in [1.29, 1.82) is 0 Å². The Morgan fingerprint density at radius 2 is 2.17 bits per heavy atom. The van der Waals surface area contributed by atoms with E-state index < -0.39 is 0 Å². The number of hydrogen-bond donors (Lipinski definition) is 1. The molecule has 5 heteroatoms. The van der Waals surface area contributed by atoms with Gasteiger partial charge in [0.25, 0.3) is 0 Å². The predicted octanol–water partition coefficient (Wildman–Crippen LogP) is 3.42. The molecule has 0 radical (unpaired) electrons. The van der Waals surface area contributed by atoms with Crippen LogP contribution in [0.1, 0.15) is 11.3 Å². The SMILES string of the molecule is CNCc1cc(Br)ccc1Sc1nccc(C)n1. The van der Waals surface area contributed by atoms with E-state index in [0.717, 1.165) is 21.9 Å². The average molecular weight is 324 g/mol. The van der Waals surface area contributed by atoms with Gasteiger partial charge in [0.05, 0.1) is 0 Å². The summed E-state index contributed by atoms with van der Waals surface area (Å²) in [7, 11) is 1.94. The van der Waals surface area contributed by atoms with Crippen molar-refractivity contribution in [3.8, 4) is 0 Å². The molecule has 3 nitrogen and oxygen atoms in total. The second-order valence-electron chi connectivity index (χ2n) is 3.87. The summed E-state index contributed by atoms with van der Waals surface area (Å²) in [6.07, 6.45) is 1.79. The summed E-state index contributed by atoms with van der Waals surface area (Å²) in [4.78, 5) is 9.87. The van der Waals surface area contributed by atoms with Gasteiger partial charge in [0.2, 0.25) is 0 Å². The number of aromatic nitrogens is 2. The first-order valence-corrected chi connectivity index (χ1v) is 7.20. The molecule has 0 saturated heterocycles. The summed E-state index contributed by atoms with van der Waals surface area (Å²) in [5.74, 6) is 0. The van der Waals surface area contributed by atoms with Crippen LogP contribution in [0.2, 0.25) is 0 Å². The Morgan fingerprint density at radius 1 is 1.33 bits per heavy atom. The average Bonchev–Trinajstić information content (AvgIpc) is 2.33. The van der Waals surface area contributed by atoms with Gasteiger partial charge in [-0.3, -0.25) is 0 Å². The molecule has 0 aliphatic carbocycles. The summed E-state index contributed by atoms with van der Waals surface area (Å²) < 4.78 is 1.09. The third-order valence-electron chi connectivity index (χ3n) is 2.36. The lowest BCUT2D eigenvalue weighted by Crippen LogP contribution is -2.06. The molecule has 2 aromatic rings. The van der Waals surface area contributed by atoms with Gasteiger partial charge < -0.3 is 5.32 Å². The molecule has 0 spiro atoms. The minimum Gasteiger partial charge on any atom is -0.316 e. The minimum atomic E-state index is 0.787. The molecule has 0 atom stereocenters. The van der Waals surface area contributed by atoms with E-state index in [0.29, 0.717) is 0 Å². The van der Waals surface area contributed by atoms with Crippen molar-refractivity contribution in [1.82, 2.24) is 15.3 Å². The highest BCUT2D eigenvalue weighted by atomic mass is 79.9. The van der Waals surface area contributed by atoms with Crippen LogP contribution < -0.4 is 5.32 Å². The number of rotatable bonds is 4. The van der Waals surface area contributed by atoms with Gasteiger partial charge in [0.1, 0.15) is 0 Å². The molecule has 0 saturated carbocycles. The Bertz CT molecular complexity index is 546. The smallest absolute Gasteiger partial charge is 0.192 e. The van der Waals surface area contributed by atoms with Crippen LogP contribution in [0.4, 0.5) is 0 Å². The van der Waals surface area contributed by atoms with Crippen molar-refractivity contribution in [3.63, 3.8) is 0 Å². The monoisotopic (exact) mass is 323 g/mol. The van der Waals surface area contributed by atoms with E-state index in [1.165, 1.54) is 10.5 Å². The van der Waals surface area contributed by atoms with Crippen LogP contribution in [0.3, 0.4) is 0 Å². The molecule has 0 bridgehead atoms. The topological polar surface area (TPSA) is 37.8 Å². The van der Waals surface area contributed by atoms with Crippen LogP contribution in [0, 0.1) is 6.92 Å². The molecular weight excluding hydrogens is 310 g/mol. The number of benzene rings is 1. The Labute approximate surface area is 120 Å². The third kappa shape index (κ3) is 3.54. The molecule has 0 amide bonds. The molecule has 1 aromatic heterocycles. The van der Waals surface area contributed by atoms with Crippen molar-refractivity contribution in [2.75, 3.05) is 7.05 Å². The molecular formula is C13H14BrN3S. The van der Waals surface area contributed by atoms with Gasteiger partial charge in [-0.1, -0.05) is 15.9 Å². The first-order chi connectivity index (χ1) is 8.69. The maximum atomic E-state index is 4.41. The number of nitrogens with zero attached hydrogens (tertiary/aromatic N) is 2. The van der Waals surface area contributed by atoms with E-state index in [-0.39, 0.29) is 0 Å². The molecule has 0 unspecified atom stereocenters. The molecule has 0 aliphatic heterocycles. The molecule has 0 fully saturated rings. The molecule has 94 valence electrons. The van der Waals surface area contributed by atoms with Crippen molar-refractivity contribution in [2.45, 2.75) is 23.5 Å². The lowest BCUT2D eigenvalue weighted by Gasteiger charge is -2.08. The van der Waals surface area contributed by atoms with Gasteiger partial charge in [0.15, 0.2) is 5.16 Å². The van der Waals surface area contributed by atoms with E-state index >= 15 is 0 Å². The number of aryl methyl sites for hydroxylation is 1. The van der Waals surface area contributed by atoms with Crippen LogP contribution in [0.15, 0.2) is 45.0 Å². The van der Waals surface area contributed by atoms with E-state index in [4.69, 9.17) is 0 Å². The predicted molar refractivity (Wildman–Crippen MR) is 77.8 cm³/mol. The van der Waals surface area contributed by atoms with Crippen LogP contribution >= 0.6 is 27.7 Å². The molecule has 1 N–H and O–H groups in total. The zero-order chi connectivity index (χ0) is 13.0. The van der Waals surface area contributed by atoms with Gasteiger partial charge in [0, 0.05) is 27.8 Å². The quantitative estimate of drug-likeness (QED) is 0.875. The second kappa shape index (κ2) is 6.31. The maximum absolute atomic E-state index is 4.41. The fourth-order valence-corrected chi connectivity index (χ4v) is 2.86. The molecule has 1 heterocycles. The maximum Gasteiger partial charge on any atom is 0.192 e. The summed E-state index contributed by atoms with van der Waals surface area (Å²) >= 11 is 5.09. The van der Waals surface area contributed by atoms with Gasteiger partial charge in [-0.2, -0.15) is 0 Å². The largest absolute Gasteiger partial charge is 0.316 e. The molecule has 0 aliphatic rings. The third-order valence-corrected chi connectivity index (χ3v) is 3.85. The standard InChI is InChI=1S/C13H14BrN3S/c1-9-5-6-16-13(17-9)18-12-4-3-11(14)7-10(12)8-15-2/h3-7,15H,8H2,1-2H3. The number of hydrogen-bond acceptors (Lipinski definition) is 4. The zero-order valence-electron chi connectivity index (χ0n) is 10.3. The summed E-state index contributed by atoms with van der Waals surface area (Å²) in [5, 5.41) is 3.96. The molecule has 1 aromatic carbocycles. The highest BCUT2D eigenvalue weighted by molar-refractivity contribution is 9.10. The Morgan fingerprint density at radius 3 is 2.89 bits per heavy atom. The lowest BCUT2D eigenvalue weighted by atomic mass is 10.2. The summed E-state index contributed by atoms with van der Waals surface area (Å²) in [6.45, 7) is 2.80. The Kier molecular flexibility index (Phi) is 4.74. The fourth-order valence-electron chi connectivity index (χ4n) is 1.55. The number of nitrogens with one attached hydrogen (secondary N) is 1. The normalized spacial score (nSPS) is 10.6. The van der Waals surface area contributed by atoms with Gasteiger partial charge in [-0.25, -0.2) is 9.97 Å². The zero-order valence-corrected chi connectivity index (χ0v) is 12.7. The van der Waals surface area contributed by atoms with Gasteiger partial charge in [-0.15, -0.1) is 0 Å². The highest BCUT2D eigenvalue weighted by Crippen LogP contribution is 2.30. The van der Waals surface area contributed by atoms with Gasteiger partial charge >= 0.3 is 0 Å². The Hall–Kier alpha value is -0.910. The van der Waals surface area contributed by atoms with E-state index in [9.17, 15) is 0 Å². The fraction of sp³-hybridized carbons (Fsp3) is 0.231. The summed E-state index contributed by atoms with van der Waals surface area (Å²) in [6, 6.07) is 8.15. The highest BCUT2D eigenvalue weighted by Gasteiger charge is 2.06. The van der Waals surface area contributed by atoms with Crippen LogP contribution in [0.25, 0.3) is 0 Å². The molecule has 2 rings (SSSR count). The van der Waals surface area contributed by atoms with Crippen molar-refractivity contribution >= 4 is 27.7 Å². The number of halogens is 1. The van der Waals surface area contributed by atoms with Crippen molar-refractivity contribution in [2.24, 2.45) is 0 Å². The molecule has 18 heavy (non-hydrogen) atoms. The van der Waals surface area contributed by atoms with Gasteiger partial charge in [-0.05, 0) is 55.6 Å². The van der Waals surface area contributed by atoms with Crippen molar-refractivity contribution < 1.29 is 0 Å².